The van der Waals surface area contributed by atoms with E-state index in [4.69, 9.17) is 5.11 Å². The third-order valence-electron chi connectivity index (χ3n) is 1.91. The van der Waals surface area contributed by atoms with Crippen molar-refractivity contribution in [2.75, 3.05) is 5.75 Å². The number of hydrogen-bond acceptors (Lipinski definition) is 5. The molecule has 1 aromatic carbocycles. The summed E-state index contributed by atoms with van der Waals surface area (Å²) < 4.78 is 15.0. The Morgan fingerprint density at radius 3 is 3.00 bits per heavy atom. The molecule has 0 spiro atoms. The van der Waals surface area contributed by atoms with Gasteiger partial charge in [0.15, 0.2) is 0 Å². The first-order valence-corrected chi connectivity index (χ1v) is 6.44. The molecule has 0 aliphatic rings. The monoisotopic (exact) mass is 332 g/mol. The number of aliphatic carboxylic acids is 1. The van der Waals surface area contributed by atoms with E-state index in [2.05, 4.69) is 31.5 Å². The molecule has 18 heavy (non-hydrogen) atoms. The molecule has 0 radical (unpaired) electrons. The summed E-state index contributed by atoms with van der Waals surface area (Å²) in [6.45, 7) is 0. The topological polar surface area (TPSA) is 80.9 Å². The highest BCUT2D eigenvalue weighted by Crippen LogP contribution is 2.22. The van der Waals surface area contributed by atoms with Crippen LogP contribution in [0.5, 0.6) is 0 Å². The van der Waals surface area contributed by atoms with E-state index in [0.717, 1.165) is 11.8 Å². The number of tetrazole rings is 1. The van der Waals surface area contributed by atoms with Crippen molar-refractivity contribution in [2.24, 2.45) is 0 Å². The van der Waals surface area contributed by atoms with E-state index in [-0.39, 0.29) is 5.75 Å². The molecular weight excluding hydrogens is 327 g/mol. The highest BCUT2D eigenvalue weighted by Gasteiger charge is 2.12. The Morgan fingerprint density at radius 1 is 1.56 bits per heavy atom. The zero-order valence-electron chi connectivity index (χ0n) is 8.75. The van der Waals surface area contributed by atoms with Crippen LogP contribution in [0.3, 0.4) is 0 Å². The van der Waals surface area contributed by atoms with Gasteiger partial charge in [-0.1, -0.05) is 11.8 Å². The quantitative estimate of drug-likeness (QED) is 0.859. The summed E-state index contributed by atoms with van der Waals surface area (Å²) in [5.74, 6) is -1.59. The molecule has 0 aliphatic carbocycles. The highest BCUT2D eigenvalue weighted by atomic mass is 79.9. The molecule has 1 N–H and O–H groups in total. The molecule has 6 nitrogen and oxygen atoms in total. The minimum Gasteiger partial charge on any atom is -0.481 e. The van der Waals surface area contributed by atoms with E-state index < -0.39 is 11.8 Å². The van der Waals surface area contributed by atoms with Crippen LogP contribution in [0.1, 0.15) is 0 Å². The van der Waals surface area contributed by atoms with Gasteiger partial charge in [-0.2, -0.15) is 4.68 Å². The molecule has 1 heterocycles. The standard InChI is InChI=1S/C9H6BrFN4O2S/c10-6-2-1-5(3-7(6)11)15-9(12-13-14-15)18-4-8(16)17/h1-3H,4H2,(H,16,17). The number of carboxylic acids is 1. The van der Waals surface area contributed by atoms with Crippen LogP contribution in [-0.2, 0) is 4.79 Å². The SMILES string of the molecule is O=C(O)CSc1nnnn1-c1ccc(Br)c(F)c1. The van der Waals surface area contributed by atoms with Gasteiger partial charge in [-0.3, -0.25) is 4.79 Å². The number of nitrogens with zero attached hydrogens (tertiary/aromatic N) is 4. The second-order valence-electron chi connectivity index (χ2n) is 3.15. The fourth-order valence-electron chi connectivity index (χ4n) is 1.17. The maximum Gasteiger partial charge on any atom is 0.313 e. The van der Waals surface area contributed by atoms with Crippen LogP contribution in [0.4, 0.5) is 4.39 Å². The van der Waals surface area contributed by atoms with E-state index in [1.807, 2.05) is 0 Å². The summed E-state index contributed by atoms with van der Waals surface area (Å²) in [7, 11) is 0. The summed E-state index contributed by atoms with van der Waals surface area (Å²) in [5, 5.41) is 19.7. The molecule has 9 heteroatoms. The zero-order valence-corrected chi connectivity index (χ0v) is 11.2. The maximum atomic E-state index is 13.4. The van der Waals surface area contributed by atoms with Crippen LogP contribution in [0.2, 0.25) is 0 Å². The van der Waals surface area contributed by atoms with Gasteiger partial charge in [-0.15, -0.1) is 5.10 Å². The molecule has 2 aromatic rings. The Hall–Kier alpha value is -1.48. The van der Waals surface area contributed by atoms with Crippen molar-refractivity contribution in [3.63, 3.8) is 0 Å². The van der Waals surface area contributed by atoms with Crippen LogP contribution in [0.25, 0.3) is 5.69 Å². The molecule has 0 saturated carbocycles. The largest absolute Gasteiger partial charge is 0.481 e. The fraction of sp³-hybridized carbons (Fsp3) is 0.111. The number of halogens is 2. The summed E-state index contributed by atoms with van der Waals surface area (Å²) >= 11 is 4.00. The number of benzene rings is 1. The minimum atomic E-state index is -0.975. The molecular formula is C9H6BrFN4O2S. The van der Waals surface area contributed by atoms with Gasteiger partial charge in [-0.25, -0.2) is 4.39 Å². The zero-order chi connectivity index (χ0) is 13.1. The number of carbonyl (C=O) groups is 1. The number of aromatic nitrogens is 4. The van der Waals surface area contributed by atoms with Crippen molar-refractivity contribution in [2.45, 2.75) is 5.16 Å². The average Bonchev–Trinajstić information content (AvgIpc) is 2.78. The first-order valence-electron chi connectivity index (χ1n) is 4.66. The number of thioether (sulfide) groups is 1. The first kappa shape index (κ1) is 13.0. The van der Waals surface area contributed by atoms with Crippen molar-refractivity contribution in [3.05, 3.63) is 28.5 Å². The number of carboxylic acid groups (broad SMARTS) is 1. The van der Waals surface area contributed by atoms with E-state index in [1.165, 1.54) is 16.8 Å². The van der Waals surface area contributed by atoms with Gasteiger partial charge in [0, 0.05) is 6.07 Å². The molecule has 0 aliphatic heterocycles. The van der Waals surface area contributed by atoms with Gasteiger partial charge in [0.05, 0.1) is 15.9 Å². The highest BCUT2D eigenvalue weighted by molar-refractivity contribution is 9.10. The van der Waals surface area contributed by atoms with Gasteiger partial charge in [0.1, 0.15) is 5.82 Å². The van der Waals surface area contributed by atoms with Crippen LogP contribution in [0, 0.1) is 5.82 Å². The Balaban J connectivity index is 2.30. The van der Waals surface area contributed by atoms with E-state index in [9.17, 15) is 9.18 Å². The predicted octanol–water partition coefficient (Wildman–Crippen LogP) is 1.74. The minimum absolute atomic E-state index is 0.167. The maximum absolute atomic E-state index is 13.4. The third kappa shape index (κ3) is 2.85. The molecule has 0 bridgehead atoms. The van der Waals surface area contributed by atoms with Crippen molar-refractivity contribution in [3.8, 4) is 5.69 Å². The Morgan fingerprint density at radius 2 is 2.33 bits per heavy atom. The van der Waals surface area contributed by atoms with Gasteiger partial charge < -0.3 is 5.11 Å². The fourth-order valence-corrected chi connectivity index (χ4v) is 2.03. The Labute approximate surface area is 113 Å². The molecule has 0 amide bonds. The van der Waals surface area contributed by atoms with Crippen molar-refractivity contribution < 1.29 is 14.3 Å². The van der Waals surface area contributed by atoms with Crippen LogP contribution >= 0.6 is 27.7 Å². The van der Waals surface area contributed by atoms with E-state index in [1.54, 1.807) is 6.07 Å². The Bertz CT molecular complexity index is 592. The average molecular weight is 333 g/mol. The molecule has 0 fully saturated rings. The summed E-state index contributed by atoms with van der Waals surface area (Å²) in [4.78, 5) is 10.5. The lowest BCUT2D eigenvalue weighted by Gasteiger charge is -2.03. The molecule has 94 valence electrons. The van der Waals surface area contributed by atoms with Crippen LogP contribution < -0.4 is 0 Å². The number of hydrogen-bond donors (Lipinski definition) is 1. The summed E-state index contributed by atoms with van der Waals surface area (Å²) in [6.07, 6.45) is 0. The second-order valence-corrected chi connectivity index (χ2v) is 4.95. The van der Waals surface area contributed by atoms with E-state index in [0.29, 0.717) is 15.3 Å². The van der Waals surface area contributed by atoms with Gasteiger partial charge in [0.2, 0.25) is 5.16 Å². The summed E-state index contributed by atoms with van der Waals surface area (Å²) in [6, 6.07) is 4.40. The molecule has 2 rings (SSSR count). The van der Waals surface area contributed by atoms with Gasteiger partial charge in [-0.05, 0) is 38.5 Å². The molecule has 0 atom stereocenters. The second kappa shape index (κ2) is 5.44. The lowest BCUT2D eigenvalue weighted by Crippen LogP contribution is -2.03. The predicted molar refractivity (Wildman–Crippen MR) is 65.2 cm³/mol. The van der Waals surface area contributed by atoms with Crippen molar-refractivity contribution >= 4 is 33.7 Å². The molecule has 1 aromatic heterocycles. The lowest BCUT2D eigenvalue weighted by molar-refractivity contribution is -0.133. The van der Waals surface area contributed by atoms with Gasteiger partial charge in [0.25, 0.3) is 0 Å². The summed E-state index contributed by atoms with van der Waals surface area (Å²) in [5.41, 5.74) is 0.425. The van der Waals surface area contributed by atoms with E-state index >= 15 is 0 Å². The van der Waals surface area contributed by atoms with Crippen LogP contribution in [-0.4, -0.2) is 37.0 Å². The normalized spacial score (nSPS) is 10.6. The van der Waals surface area contributed by atoms with Gasteiger partial charge >= 0.3 is 5.97 Å². The van der Waals surface area contributed by atoms with Crippen LogP contribution in [0.15, 0.2) is 27.8 Å². The first-order chi connectivity index (χ1) is 8.58. The van der Waals surface area contributed by atoms with Crippen molar-refractivity contribution in [1.82, 2.24) is 20.2 Å². The lowest BCUT2D eigenvalue weighted by atomic mass is 10.3. The third-order valence-corrected chi connectivity index (χ3v) is 3.46. The Kier molecular flexibility index (Phi) is 3.92. The van der Waals surface area contributed by atoms with Crippen molar-refractivity contribution in [1.29, 1.82) is 0 Å². The molecule has 0 saturated heterocycles. The smallest absolute Gasteiger partial charge is 0.313 e. The number of rotatable bonds is 4. The molecule has 0 unspecified atom stereocenters.